The van der Waals surface area contributed by atoms with Crippen LogP contribution in [0.2, 0.25) is 0 Å². The molecule has 1 aromatic rings. The predicted octanol–water partition coefficient (Wildman–Crippen LogP) is 0.601. The van der Waals surface area contributed by atoms with E-state index >= 15 is 0 Å². The van der Waals surface area contributed by atoms with Gasteiger partial charge < -0.3 is 23.6 Å². The van der Waals surface area contributed by atoms with Crippen molar-refractivity contribution in [2.24, 2.45) is 0 Å². The maximum atomic E-state index is 11.5. The molecule has 24 heavy (non-hydrogen) atoms. The monoisotopic (exact) mass is 335 g/mol. The molecular formula is C15H13NO8. The van der Waals surface area contributed by atoms with Crippen molar-refractivity contribution < 1.29 is 32.7 Å². The summed E-state index contributed by atoms with van der Waals surface area (Å²) in [5.41, 5.74) is 0.486. The second kappa shape index (κ2) is 7.27. The minimum atomic E-state index is -0.924. The molecule has 1 amide bonds. The number of esters is 2. The Kier molecular flexibility index (Phi) is 5.15. The van der Waals surface area contributed by atoms with E-state index in [2.05, 4.69) is 20.7 Å². The van der Waals surface area contributed by atoms with Crippen LogP contribution in [0.1, 0.15) is 17.9 Å². The zero-order chi connectivity index (χ0) is 17.7. The third-order valence-corrected chi connectivity index (χ3v) is 2.80. The van der Waals surface area contributed by atoms with Gasteiger partial charge in [0, 0.05) is 24.3 Å². The van der Waals surface area contributed by atoms with Gasteiger partial charge in [-0.2, -0.15) is 0 Å². The standard InChI is InChI=1S/C15H13NO8/c1-8-3-4-10(14(19)16-8)23-13(18)6-5-12(17)21-7-11-9(2)22-15(20)24-11/h4-6H,1,3,7H2,2H3,(H,16,19)/b6-5+. The third-order valence-electron chi connectivity index (χ3n) is 2.80. The number of carbonyl (C=O) groups excluding carboxylic acids is 3. The summed E-state index contributed by atoms with van der Waals surface area (Å²) in [7, 11) is 0. The zero-order valence-electron chi connectivity index (χ0n) is 12.6. The molecule has 9 nitrogen and oxygen atoms in total. The van der Waals surface area contributed by atoms with Crippen molar-refractivity contribution in [2.75, 3.05) is 0 Å². The Balaban J connectivity index is 1.83. The largest absolute Gasteiger partial charge is 0.519 e. The Morgan fingerprint density at radius 3 is 2.62 bits per heavy atom. The summed E-state index contributed by atoms with van der Waals surface area (Å²) < 4.78 is 18.8. The molecule has 0 saturated heterocycles. The molecule has 0 fully saturated rings. The third kappa shape index (κ3) is 4.57. The van der Waals surface area contributed by atoms with Crippen molar-refractivity contribution in [1.29, 1.82) is 0 Å². The highest BCUT2D eigenvalue weighted by Crippen LogP contribution is 2.11. The van der Waals surface area contributed by atoms with E-state index in [1.165, 1.54) is 13.0 Å². The van der Waals surface area contributed by atoms with E-state index in [4.69, 9.17) is 9.47 Å². The van der Waals surface area contributed by atoms with Crippen LogP contribution in [-0.2, 0) is 30.5 Å². The van der Waals surface area contributed by atoms with Gasteiger partial charge in [-0.25, -0.2) is 14.4 Å². The summed E-state index contributed by atoms with van der Waals surface area (Å²) in [5.74, 6) is -3.22. The van der Waals surface area contributed by atoms with Crippen molar-refractivity contribution in [2.45, 2.75) is 20.0 Å². The van der Waals surface area contributed by atoms with Crippen molar-refractivity contribution in [3.8, 4) is 0 Å². The first-order valence-corrected chi connectivity index (χ1v) is 6.70. The average Bonchev–Trinajstić information content (AvgIpc) is 2.84. The van der Waals surface area contributed by atoms with Crippen LogP contribution in [0, 0.1) is 6.92 Å². The van der Waals surface area contributed by atoms with Crippen LogP contribution in [0.25, 0.3) is 0 Å². The Labute approximate surface area is 135 Å². The molecule has 0 aromatic carbocycles. The lowest BCUT2D eigenvalue weighted by atomic mass is 10.2. The van der Waals surface area contributed by atoms with Gasteiger partial charge in [0.1, 0.15) is 0 Å². The van der Waals surface area contributed by atoms with Crippen LogP contribution in [0.3, 0.4) is 0 Å². The molecule has 0 atom stereocenters. The van der Waals surface area contributed by atoms with Gasteiger partial charge in [-0.05, 0) is 13.0 Å². The highest BCUT2D eigenvalue weighted by atomic mass is 16.6. The van der Waals surface area contributed by atoms with Crippen molar-refractivity contribution >= 4 is 17.8 Å². The lowest BCUT2D eigenvalue weighted by Crippen LogP contribution is -2.29. The highest BCUT2D eigenvalue weighted by Gasteiger charge is 2.18. The van der Waals surface area contributed by atoms with Gasteiger partial charge in [0.2, 0.25) is 0 Å². The summed E-state index contributed by atoms with van der Waals surface area (Å²) in [6.45, 7) is 4.71. The summed E-state index contributed by atoms with van der Waals surface area (Å²) in [4.78, 5) is 45.3. The smallest absolute Gasteiger partial charge is 0.454 e. The first-order chi connectivity index (χ1) is 11.3. The number of hydrogen-bond donors (Lipinski definition) is 1. The Morgan fingerprint density at radius 1 is 1.29 bits per heavy atom. The number of hydrogen-bond acceptors (Lipinski definition) is 8. The summed E-state index contributed by atoms with van der Waals surface area (Å²) in [5, 5.41) is 2.41. The highest BCUT2D eigenvalue weighted by molar-refractivity contribution is 5.98. The number of allylic oxidation sites excluding steroid dienone is 1. The summed E-state index contributed by atoms with van der Waals surface area (Å²) in [6, 6.07) is 0. The van der Waals surface area contributed by atoms with Gasteiger partial charge in [-0.3, -0.25) is 4.79 Å². The first kappa shape index (κ1) is 17.0. The van der Waals surface area contributed by atoms with E-state index in [-0.39, 0.29) is 23.9 Å². The van der Waals surface area contributed by atoms with Gasteiger partial charge >= 0.3 is 17.8 Å². The van der Waals surface area contributed by atoms with Crippen molar-refractivity contribution in [3.63, 3.8) is 0 Å². The molecular weight excluding hydrogens is 322 g/mol. The van der Waals surface area contributed by atoms with E-state index < -0.39 is 23.7 Å². The minimum Gasteiger partial charge on any atom is -0.454 e. The lowest BCUT2D eigenvalue weighted by molar-refractivity contribution is -0.141. The molecule has 126 valence electrons. The van der Waals surface area contributed by atoms with Crippen LogP contribution < -0.4 is 11.1 Å². The quantitative estimate of drug-likeness (QED) is 0.612. The molecule has 0 unspecified atom stereocenters. The first-order valence-electron chi connectivity index (χ1n) is 6.70. The van der Waals surface area contributed by atoms with Crippen molar-refractivity contribution in [3.05, 3.63) is 58.4 Å². The van der Waals surface area contributed by atoms with Crippen LogP contribution in [0.5, 0.6) is 0 Å². The van der Waals surface area contributed by atoms with Gasteiger partial charge in [-0.1, -0.05) is 6.58 Å². The summed E-state index contributed by atoms with van der Waals surface area (Å²) in [6.07, 6.45) is 3.36. The average molecular weight is 335 g/mol. The Hall–Kier alpha value is -3.36. The van der Waals surface area contributed by atoms with E-state index in [0.717, 1.165) is 12.2 Å². The Morgan fingerprint density at radius 2 is 2.00 bits per heavy atom. The summed E-state index contributed by atoms with van der Waals surface area (Å²) >= 11 is 0. The van der Waals surface area contributed by atoms with Crippen molar-refractivity contribution in [1.82, 2.24) is 5.32 Å². The molecule has 1 aliphatic rings. The molecule has 2 rings (SSSR count). The topological polar surface area (TPSA) is 125 Å². The van der Waals surface area contributed by atoms with Crippen LogP contribution in [0.15, 0.2) is 49.9 Å². The number of ether oxygens (including phenoxy) is 2. The zero-order valence-corrected chi connectivity index (χ0v) is 12.6. The molecule has 0 spiro atoms. The van der Waals surface area contributed by atoms with Gasteiger partial charge in [0.05, 0.1) is 0 Å². The maximum absolute atomic E-state index is 11.5. The molecule has 0 aliphatic carbocycles. The second-order valence-corrected chi connectivity index (χ2v) is 4.63. The molecule has 1 N–H and O–H groups in total. The van der Waals surface area contributed by atoms with Crippen LogP contribution >= 0.6 is 0 Å². The van der Waals surface area contributed by atoms with Gasteiger partial charge in [0.15, 0.2) is 23.9 Å². The van der Waals surface area contributed by atoms with Crippen LogP contribution in [-0.4, -0.2) is 17.8 Å². The van der Waals surface area contributed by atoms with E-state index in [1.54, 1.807) is 0 Å². The van der Waals surface area contributed by atoms with Gasteiger partial charge in [0.25, 0.3) is 5.91 Å². The van der Waals surface area contributed by atoms with E-state index in [0.29, 0.717) is 12.1 Å². The molecule has 0 saturated carbocycles. The number of aryl methyl sites for hydroxylation is 1. The minimum absolute atomic E-state index is 0.0635. The number of amides is 1. The number of nitrogens with one attached hydrogen (secondary N) is 1. The molecule has 1 aromatic heterocycles. The molecule has 0 radical (unpaired) electrons. The van der Waals surface area contributed by atoms with Gasteiger partial charge in [-0.15, -0.1) is 0 Å². The lowest BCUT2D eigenvalue weighted by Gasteiger charge is -2.14. The maximum Gasteiger partial charge on any atom is 0.519 e. The molecule has 1 aliphatic heterocycles. The fraction of sp³-hybridized carbons (Fsp3) is 0.200. The second-order valence-electron chi connectivity index (χ2n) is 4.63. The Bertz CT molecular complexity index is 808. The molecule has 0 bridgehead atoms. The fourth-order valence-corrected chi connectivity index (χ4v) is 1.64. The normalized spacial score (nSPS) is 14.3. The SMILES string of the molecule is C=C1CC=C(OC(=O)/C=C/C(=O)OCc2oc(=O)oc2C)C(=O)N1. The van der Waals surface area contributed by atoms with Crippen LogP contribution in [0.4, 0.5) is 0 Å². The number of rotatable bonds is 5. The van der Waals surface area contributed by atoms with E-state index in [9.17, 15) is 19.2 Å². The molecule has 2 heterocycles. The number of carbonyl (C=O) groups is 3. The van der Waals surface area contributed by atoms with E-state index in [1.807, 2.05) is 0 Å². The molecule has 9 heteroatoms. The fourth-order valence-electron chi connectivity index (χ4n) is 1.64. The predicted molar refractivity (Wildman–Crippen MR) is 77.0 cm³/mol.